The van der Waals surface area contributed by atoms with Crippen LogP contribution in [-0.4, -0.2) is 35.5 Å². The molecule has 0 saturated carbocycles. The van der Waals surface area contributed by atoms with Crippen LogP contribution < -0.4 is 9.80 Å². The number of hydrogen-bond donors (Lipinski definition) is 0. The molecule has 29 heavy (non-hydrogen) atoms. The van der Waals surface area contributed by atoms with Crippen LogP contribution in [0.15, 0.2) is 24.3 Å². The summed E-state index contributed by atoms with van der Waals surface area (Å²) in [5, 5.41) is 0.502. The largest absolute Gasteiger partial charge is 0.341 e. The maximum Gasteiger partial charge on any atom is 0.230 e. The van der Waals surface area contributed by atoms with Gasteiger partial charge in [0.2, 0.25) is 11.9 Å². The molecule has 7 heteroatoms. The molecule has 1 aromatic heterocycles. The van der Waals surface area contributed by atoms with Gasteiger partial charge in [-0.1, -0.05) is 11.6 Å². The minimum atomic E-state index is -1.08. The predicted octanol–water partition coefficient (Wildman–Crippen LogP) is 4.80. The molecule has 2 aliphatic rings. The second-order valence-electron chi connectivity index (χ2n) is 8.01. The van der Waals surface area contributed by atoms with Gasteiger partial charge in [-0.15, -0.1) is 0 Å². The number of anilines is 2. The molecule has 1 fully saturated rings. The first-order valence-corrected chi connectivity index (χ1v) is 10.6. The highest BCUT2D eigenvalue weighted by atomic mass is 35.5. The molecule has 5 nitrogen and oxygen atoms in total. The Kier molecular flexibility index (Phi) is 5.72. The van der Waals surface area contributed by atoms with Crippen molar-refractivity contribution < 1.29 is 9.18 Å². The van der Waals surface area contributed by atoms with Crippen LogP contribution in [0.5, 0.6) is 0 Å². The molecule has 154 valence electrons. The van der Waals surface area contributed by atoms with E-state index in [0.717, 1.165) is 43.3 Å². The smallest absolute Gasteiger partial charge is 0.230 e. The fourth-order valence-electron chi connectivity index (χ4n) is 4.35. The third-order valence-electron chi connectivity index (χ3n) is 5.82. The lowest BCUT2D eigenvalue weighted by Gasteiger charge is -2.34. The lowest BCUT2D eigenvalue weighted by Crippen LogP contribution is -2.43. The van der Waals surface area contributed by atoms with Crippen LogP contribution in [0.4, 0.5) is 16.0 Å². The lowest BCUT2D eigenvalue weighted by atomic mass is 9.95. The number of fused-ring (bicyclic) bond motifs is 1. The summed E-state index contributed by atoms with van der Waals surface area (Å²) in [6, 6.07) is 7.14. The summed E-state index contributed by atoms with van der Waals surface area (Å²) in [5.41, 5.74) is 3.10. The normalized spacial score (nSPS) is 20.3. The molecule has 1 unspecified atom stereocenters. The highest BCUT2D eigenvalue weighted by molar-refractivity contribution is 6.30. The summed E-state index contributed by atoms with van der Waals surface area (Å²) in [5.74, 6) is 0.754. The van der Waals surface area contributed by atoms with Crippen LogP contribution in [-0.2, 0) is 4.79 Å². The van der Waals surface area contributed by atoms with Gasteiger partial charge in [0.15, 0.2) is 0 Å². The number of piperidine rings is 1. The van der Waals surface area contributed by atoms with E-state index in [1.807, 2.05) is 19.9 Å². The van der Waals surface area contributed by atoms with Gasteiger partial charge in [0.1, 0.15) is 6.17 Å². The van der Waals surface area contributed by atoms with Crippen molar-refractivity contribution in [3.63, 3.8) is 0 Å². The van der Waals surface area contributed by atoms with Crippen molar-refractivity contribution in [3.8, 4) is 0 Å². The van der Waals surface area contributed by atoms with Gasteiger partial charge in [-0.2, -0.15) is 0 Å². The SMILES string of the molecule is Cc1cc(C)nc(N2CCC(C(=O)N3CCCC(F)c4cc(Cl)ccc43)CC2)n1. The van der Waals surface area contributed by atoms with Crippen molar-refractivity contribution in [1.29, 1.82) is 0 Å². The van der Waals surface area contributed by atoms with Crippen molar-refractivity contribution in [3.05, 3.63) is 46.2 Å². The van der Waals surface area contributed by atoms with Crippen molar-refractivity contribution >= 4 is 29.1 Å². The van der Waals surface area contributed by atoms with E-state index in [-0.39, 0.29) is 11.8 Å². The molecule has 2 aliphatic heterocycles. The predicted molar refractivity (Wildman–Crippen MR) is 113 cm³/mol. The van der Waals surface area contributed by atoms with Crippen molar-refractivity contribution in [2.45, 2.75) is 45.7 Å². The zero-order valence-electron chi connectivity index (χ0n) is 16.9. The number of alkyl halides is 1. The Labute approximate surface area is 175 Å². The molecule has 0 spiro atoms. The summed E-state index contributed by atoms with van der Waals surface area (Å²) >= 11 is 6.08. The number of carbonyl (C=O) groups excluding carboxylic acids is 1. The van der Waals surface area contributed by atoms with E-state index in [2.05, 4.69) is 14.9 Å². The van der Waals surface area contributed by atoms with Gasteiger partial charge in [0, 0.05) is 53.2 Å². The van der Waals surface area contributed by atoms with Crippen LogP contribution in [0, 0.1) is 19.8 Å². The number of halogens is 2. The number of rotatable bonds is 2. The monoisotopic (exact) mass is 416 g/mol. The second-order valence-corrected chi connectivity index (χ2v) is 8.45. The van der Waals surface area contributed by atoms with Crippen LogP contribution in [0.25, 0.3) is 0 Å². The van der Waals surface area contributed by atoms with Crippen LogP contribution in [0.1, 0.15) is 48.8 Å². The highest BCUT2D eigenvalue weighted by Gasteiger charge is 2.33. The maximum atomic E-state index is 14.6. The number of nitrogens with zero attached hydrogens (tertiary/aromatic N) is 4. The van der Waals surface area contributed by atoms with Crippen LogP contribution in [0.3, 0.4) is 0 Å². The molecule has 3 heterocycles. The number of hydrogen-bond acceptors (Lipinski definition) is 4. The summed E-state index contributed by atoms with van der Waals surface area (Å²) in [4.78, 5) is 26.3. The van der Waals surface area contributed by atoms with Crippen LogP contribution in [0.2, 0.25) is 5.02 Å². The Bertz CT molecular complexity index is 893. The van der Waals surface area contributed by atoms with Gasteiger partial charge in [0.25, 0.3) is 0 Å². The number of aryl methyl sites for hydroxylation is 2. The summed E-state index contributed by atoms with van der Waals surface area (Å²) in [6.45, 7) is 5.97. The fourth-order valence-corrected chi connectivity index (χ4v) is 4.53. The Morgan fingerprint density at radius 3 is 2.45 bits per heavy atom. The minimum Gasteiger partial charge on any atom is -0.341 e. The third kappa shape index (κ3) is 4.22. The topological polar surface area (TPSA) is 49.3 Å². The Morgan fingerprint density at radius 1 is 1.07 bits per heavy atom. The van der Waals surface area contributed by atoms with E-state index in [1.165, 1.54) is 0 Å². The molecule has 0 radical (unpaired) electrons. The van der Waals surface area contributed by atoms with Gasteiger partial charge in [-0.25, -0.2) is 14.4 Å². The average molecular weight is 417 g/mol. The van der Waals surface area contributed by atoms with Crippen LogP contribution >= 0.6 is 11.6 Å². The molecule has 0 N–H and O–H groups in total. The van der Waals surface area contributed by atoms with Gasteiger partial charge < -0.3 is 9.80 Å². The summed E-state index contributed by atoms with van der Waals surface area (Å²) in [6.07, 6.45) is 1.47. The fraction of sp³-hybridized carbons (Fsp3) is 0.500. The molecule has 1 saturated heterocycles. The van der Waals surface area contributed by atoms with Crippen molar-refractivity contribution in [1.82, 2.24) is 9.97 Å². The average Bonchev–Trinajstić information content (AvgIpc) is 2.86. The summed E-state index contributed by atoms with van der Waals surface area (Å²) < 4.78 is 14.6. The molecule has 1 atom stereocenters. The first kappa shape index (κ1) is 20.1. The standard InChI is InChI=1S/C22H26ClFN4O/c1-14-12-15(2)26-22(25-14)27-10-7-16(8-11-27)21(29)28-9-3-4-19(24)18-13-17(23)5-6-20(18)28/h5-6,12-13,16,19H,3-4,7-11H2,1-2H3. The van der Waals surface area contributed by atoms with E-state index >= 15 is 0 Å². The molecule has 4 rings (SSSR count). The number of amides is 1. The van der Waals surface area contributed by atoms with E-state index in [4.69, 9.17) is 11.6 Å². The van der Waals surface area contributed by atoms with Crippen molar-refractivity contribution in [2.75, 3.05) is 29.4 Å². The molecule has 1 amide bonds. The van der Waals surface area contributed by atoms with E-state index in [9.17, 15) is 9.18 Å². The second kappa shape index (κ2) is 8.27. The molecular formula is C22H26ClFN4O. The third-order valence-corrected chi connectivity index (χ3v) is 6.06. The first-order valence-electron chi connectivity index (χ1n) is 10.2. The Morgan fingerprint density at radius 2 is 1.76 bits per heavy atom. The van der Waals surface area contributed by atoms with Gasteiger partial charge in [0.05, 0.1) is 0 Å². The van der Waals surface area contributed by atoms with Gasteiger partial charge in [-0.05, 0) is 63.8 Å². The molecule has 1 aromatic carbocycles. The number of benzene rings is 1. The molecule has 0 bridgehead atoms. The molecular weight excluding hydrogens is 391 g/mol. The Balaban J connectivity index is 1.49. The quantitative estimate of drug-likeness (QED) is 0.705. The van der Waals surface area contributed by atoms with Gasteiger partial charge >= 0.3 is 0 Å². The summed E-state index contributed by atoms with van der Waals surface area (Å²) in [7, 11) is 0. The molecule has 0 aliphatic carbocycles. The van der Waals surface area contributed by atoms with E-state index in [1.54, 1.807) is 23.1 Å². The zero-order valence-corrected chi connectivity index (χ0v) is 17.6. The lowest BCUT2D eigenvalue weighted by molar-refractivity contribution is -0.123. The zero-order chi connectivity index (χ0) is 20.5. The van der Waals surface area contributed by atoms with E-state index in [0.29, 0.717) is 35.7 Å². The van der Waals surface area contributed by atoms with E-state index < -0.39 is 6.17 Å². The minimum absolute atomic E-state index is 0.0724. The molecule has 2 aromatic rings. The number of aromatic nitrogens is 2. The maximum absolute atomic E-state index is 14.6. The number of carbonyl (C=O) groups is 1. The highest BCUT2D eigenvalue weighted by Crippen LogP contribution is 2.38. The Hall–Kier alpha value is -2.21. The van der Waals surface area contributed by atoms with Gasteiger partial charge in [-0.3, -0.25) is 4.79 Å². The van der Waals surface area contributed by atoms with Crippen molar-refractivity contribution in [2.24, 2.45) is 5.92 Å². The first-order chi connectivity index (χ1) is 13.9.